The third-order valence-electron chi connectivity index (χ3n) is 8.29. The van der Waals surface area contributed by atoms with E-state index in [1.807, 2.05) is 0 Å². The maximum absolute atomic E-state index is 13.4. The van der Waals surface area contributed by atoms with Gasteiger partial charge in [0.25, 0.3) is 0 Å². The largest absolute Gasteiger partial charge is 0.345 e. The van der Waals surface area contributed by atoms with Crippen LogP contribution in [0.4, 0.5) is 4.39 Å². The van der Waals surface area contributed by atoms with Gasteiger partial charge < -0.3 is 5.32 Å². The predicted octanol–water partition coefficient (Wildman–Crippen LogP) is 2.76. The minimum Gasteiger partial charge on any atom is -0.345 e. The minimum absolute atomic E-state index is 0.162. The Morgan fingerprint density at radius 2 is 1.57 bits per heavy atom. The molecule has 7 rings (SSSR count). The highest BCUT2D eigenvalue weighted by atomic mass is 19.1. The molecule has 4 fully saturated rings. The summed E-state index contributed by atoms with van der Waals surface area (Å²) in [6.07, 6.45) is 8.89. The molecule has 5 aliphatic carbocycles. The van der Waals surface area contributed by atoms with E-state index < -0.39 is 5.54 Å². The highest BCUT2D eigenvalue weighted by Gasteiger charge is 2.67. The van der Waals surface area contributed by atoms with Crippen molar-refractivity contribution in [3.8, 4) is 0 Å². The van der Waals surface area contributed by atoms with E-state index in [4.69, 9.17) is 0 Å². The van der Waals surface area contributed by atoms with Crippen LogP contribution in [0.2, 0.25) is 0 Å². The first-order valence-electron chi connectivity index (χ1n) is 11.1. The maximum Gasteiger partial charge on any atom is 0.240 e. The number of nitrogens with one attached hydrogen (secondary N) is 1. The van der Waals surface area contributed by atoms with Gasteiger partial charge >= 0.3 is 0 Å². The van der Waals surface area contributed by atoms with Crippen LogP contribution in [0, 0.1) is 41.3 Å². The van der Waals surface area contributed by atoms with Crippen LogP contribution >= 0.6 is 0 Å². The summed E-state index contributed by atoms with van der Waals surface area (Å²) in [6.45, 7) is -0.220. The van der Waals surface area contributed by atoms with Crippen LogP contribution in [0.5, 0.6) is 0 Å². The van der Waals surface area contributed by atoms with E-state index in [-0.39, 0.29) is 53.8 Å². The number of rotatable bonds is 4. The molecule has 5 nitrogen and oxygen atoms in total. The van der Waals surface area contributed by atoms with Crippen molar-refractivity contribution in [2.45, 2.75) is 37.6 Å². The highest BCUT2D eigenvalue weighted by molar-refractivity contribution is 6.08. The van der Waals surface area contributed by atoms with Crippen LogP contribution in [0.1, 0.15) is 37.7 Å². The molecular weight excluding hydrogens is 383 g/mol. The van der Waals surface area contributed by atoms with Crippen molar-refractivity contribution in [3.05, 3.63) is 47.8 Å². The Morgan fingerprint density at radius 3 is 2.13 bits per heavy atom. The molecule has 0 radical (unpaired) electrons. The summed E-state index contributed by atoms with van der Waals surface area (Å²) in [4.78, 5) is 40.4. The van der Waals surface area contributed by atoms with E-state index in [9.17, 15) is 18.8 Å². The molecule has 1 saturated heterocycles. The lowest BCUT2D eigenvalue weighted by molar-refractivity contribution is -0.144. The van der Waals surface area contributed by atoms with Crippen LogP contribution in [0.25, 0.3) is 0 Å². The summed E-state index contributed by atoms with van der Waals surface area (Å²) in [6, 6.07) is 6.26. The summed E-state index contributed by atoms with van der Waals surface area (Å²) < 4.78 is 13.4. The molecule has 3 amide bonds. The number of carbonyl (C=O) groups is 3. The van der Waals surface area contributed by atoms with E-state index in [2.05, 4.69) is 17.5 Å². The molecule has 6 atom stereocenters. The first-order chi connectivity index (χ1) is 14.5. The monoisotopic (exact) mass is 408 g/mol. The summed E-state index contributed by atoms with van der Waals surface area (Å²) in [7, 11) is 0. The number of likely N-dealkylation sites (tertiary alicyclic amines) is 1. The Kier molecular flexibility index (Phi) is 3.81. The number of imide groups is 1. The average Bonchev–Trinajstić information content (AvgIpc) is 3.39. The lowest BCUT2D eigenvalue weighted by Crippen LogP contribution is -2.49. The van der Waals surface area contributed by atoms with Gasteiger partial charge in [0, 0.05) is 0 Å². The number of benzene rings is 1. The number of amides is 3. The molecule has 0 aromatic heterocycles. The zero-order chi connectivity index (χ0) is 20.6. The summed E-state index contributed by atoms with van der Waals surface area (Å²) in [5, 5.41) is 3.11. The summed E-state index contributed by atoms with van der Waals surface area (Å²) in [5.74, 6) is -0.103. The smallest absolute Gasteiger partial charge is 0.240 e. The molecule has 3 saturated carbocycles. The summed E-state index contributed by atoms with van der Waals surface area (Å²) in [5.41, 5.74) is 0.329. The molecule has 6 aliphatic rings. The summed E-state index contributed by atoms with van der Waals surface area (Å²) >= 11 is 0. The van der Waals surface area contributed by atoms with E-state index in [1.165, 1.54) is 17.0 Å². The minimum atomic E-state index is -0.550. The number of allylic oxidation sites excluding steroid dienone is 2. The zero-order valence-electron chi connectivity index (χ0n) is 16.7. The third kappa shape index (κ3) is 2.48. The van der Waals surface area contributed by atoms with Crippen molar-refractivity contribution in [1.82, 2.24) is 10.2 Å². The first-order valence-corrected chi connectivity index (χ1v) is 11.1. The Balaban J connectivity index is 1.21. The van der Waals surface area contributed by atoms with Crippen LogP contribution < -0.4 is 5.32 Å². The third-order valence-corrected chi connectivity index (χ3v) is 8.29. The molecule has 156 valence electrons. The van der Waals surface area contributed by atoms with Gasteiger partial charge in [-0.05, 0) is 60.6 Å². The number of halogens is 1. The van der Waals surface area contributed by atoms with E-state index in [1.54, 1.807) is 12.1 Å². The van der Waals surface area contributed by atoms with Gasteiger partial charge in [0.1, 0.15) is 12.4 Å². The second kappa shape index (κ2) is 6.25. The van der Waals surface area contributed by atoms with Gasteiger partial charge in [-0.15, -0.1) is 0 Å². The first kappa shape index (κ1) is 18.3. The number of hydrogen-bond acceptors (Lipinski definition) is 3. The van der Waals surface area contributed by atoms with E-state index >= 15 is 0 Å². The Hall–Kier alpha value is -2.50. The van der Waals surface area contributed by atoms with Gasteiger partial charge in [0.2, 0.25) is 17.7 Å². The maximum atomic E-state index is 13.4. The average molecular weight is 408 g/mol. The molecule has 1 N–H and O–H groups in total. The number of hydrogen-bond donors (Lipinski definition) is 1. The van der Waals surface area contributed by atoms with Crippen LogP contribution in [0.3, 0.4) is 0 Å². The van der Waals surface area contributed by atoms with Crippen molar-refractivity contribution in [1.29, 1.82) is 0 Å². The quantitative estimate of drug-likeness (QED) is 0.615. The van der Waals surface area contributed by atoms with Crippen molar-refractivity contribution < 1.29 is 18.8 Å². The van der Waals surface area contributed by atoms with Gasteiger partial charge in [0.05, 0.1) is 17.4 Å². The molecule has 1 aliphatic heterocycles. The van der Waals surface area contributed by atoms with Gasteiger partial charge in [-0.25, -0.2) is 4.39 Å². The second-order valence-corrected chi connectivity index (χ2v) is 9.76. The fraction of sp³-hybridized carbons (Fsp3) is 0.542. The Morgan fingerprint density at radius 1 is 1.00 bits per heavy atom. The number of nitrogens with zero attached hydrogens (tertiary/aromatic N) is 1. The molecule has 1 aromatic carbocycles. The van der Waals surface area contributed by atoms with E-state index in [0.717, 1.165) is 37.7 Å². The standard InChI is InChI=1S/C24H25FN2O3/c25-14-5-3-13(4-6-14)24(9-1-2-10-24)26-19(28)12-27-22(29)20-15-7-8-16(18-11-17(15)18)21(20)23(27)30/h3-8,15-18,20-21H,1-2,9-12H2,(H,26,28). The fourth-order valence-corrected chi connectivity index (χ4v) is 6.86. The molecule has 1 heterocycles. The highest BCUT2D eigenvalue weighted by Crippen LogP contribution is 2.65. The van der Waals surface area contributed by atoms with Crippen LogP contribution in [0.15, 0.2) is 36.4 Å². The van der Waals surface area contributed by atoms with Crippen molar-refractivity contribution in [3.63, 3.8) is 0 Å². The second-order valence-electron chi connectivity index (χ2n) is 9.76. The van der Waals surface area contributed by atoms with E-state index in [0.29, 0.717) is 11.8 Å². The Bertz CT molecular complexity index is 929. The van der Waals surface area contributed by atoms with Gasteiger partial charge in [-0.3, -0.25) is 19.3 Å². The zero-order valence-corrected chi connectivity index (χ0v) is 16.7. The predicted molar refractivity (Wildman–Crippen MR) is 106 cm³/mol. The lowest BCUT2D eigenvalue weighted by atomic mass is 9.63. The SMILES string of the molecule is O=C(CN1C(=O)C2C3C=CC(C4CC34)C2C1=O)NC1(c2ccc(F)cc2)CCCC1. The number of carbonyl (C=O) groups excluding carboxylic acids is 3. The van der Waals surface area contributed by atoms with Gasteiger partial charge in [-0.1, -0.05) is 37.1 Å². The lowest BCUT2D eigenvalue weighted by Gasteiger charge is -2.37. The molecule has 6 heteroatoms. The van der Waals surface area contributed by atoms with Gasteiger partial charge in [-0.2, -0.15) is 0 Å². The molecule has 30 heavy (non-hydrogen) atoms. The molecule has 2 bridgehead atoms. The molecule has 1 aromatic rings. The molecular formula is C24H25FN2O3. The fourth-order valence-electron chi connectivity index (χ4n) is 6.86. The Labute approximate surface area is 174 Å². The molecule has 0 spiro atoms. The topological polar surface area (TPSA) is 66.5 Å². The van der Waals surface area contributed by atoms with Crippen LogP contribution in [-0.2, 0) is 19.9 Å². The van der Waals surface area contributed by atoms with Crippen LogP contribution in [-0.4, -0.2) is 29.2 Å². The van der Waals surface area contributed by atoms with Crippen molar-refractivity contribution in [2.24, 2.45) is 35.5 Å². The van der Waals surface area contributed by atoms with Gasteiger partial charge in [0.15, 0.2) is 0 Å². The van der Waals surface area contributed by atoms with Crippen molar-refractivity contribution in [2.75, 3.05) is 6.54 Å². The van der Waals surface area contributed by atoms with Crippen molar-refractivity contribution >= 4 is 17.7 Å². The molecule has 6 unspecified atom stereocenters. The normalized spacial score (nSPS) is 37.3.